The number of hydrogen-bond acceptors (Lipinski definition) is 2. The van der Waals surface area contributed by atoms with Gasteiger partial charge in [0.1, 0.15) is 0 Å². The van der Waals surface area contributed by atoms with E-state index in [1.54, 1.807) is 0 Å². The van der Waals surface area contributed by atoms with E-state index in [-0.39, 0.29) is 5.41 Å². The highest BCUT2D eigenvalue weighted by atomic mass is 28.2. The van der Waals surface area contributed by atoms with Gasteiger partial charge in [0.15, 0.2) is 19.5 Å². The molecule has 0 spiro atoms. The third kappa shape index (κ3) is 6.38. The van der Waals surface area contributed by atoms with Crippen molar-refractivity contribution in [2.24, 2.45) is 11.3 Å². The molecule has 0 aromatic rings. The molecule has 0 radical (unpaired) electrons. The lowest BCUT2D eigenvalue weighted by molar-refractivity contribution is 0.154. The van der Waals surface area contributed by atoms with E-state index in [9.17, 15) is 0 Å². The molecule has 0 bridgehead atoms. The summed E-state index contributed by atoms with van der Waals surface area (Å²) in [6.07, 6.45) is 3.29. The fourth-order valence-electron chi connectivity index (χ4n) is 2.21. The van der Waals surface area contributed by atoms with E-state index in [0.29, 0.717) is 16.0 Å². The average molecular weight is 301 g/mol. The molecule has 0 heterocycles. The van der Waals surface area contributed by atoms with Gasteiger partial charge in [-0.2, -0.15) is 0 Å². The zero-order chi connectivity index (χ0) is 14.7. The highest BCUT2D eigenvalue weighted by molar-refractivity contribution is 6.32. The van der Waals surface area contributed by atoms with Crippen LogP contribution in [0.5, 0.6) is 0 Å². The van der Waals surface area contributed by atoms with E-state index in [1.807, 2.05) is 0 Å². The van der Waals surface area contributed by atoms with E-state index in [1.165, 1.54) is 6.42 Å². The van der Waals surface area contributed by atoms with Crippen LogP contribution in [-0.4, -0.2) is 32.7 Å². The summed E-state index contributed by atoms with van der Waals surface area (Å²) in [5, 5.41) is 0.752. The molecule has 2 nitrogen and oxygen atoms in total. The standard InChI is InChI=1S/C15H32O2Si2/c1-8-12-9-15(12,10-16-18-13(2,3)4)11-17-19-14(5,6)7/h8,12H,1,9-11,18-19H2,2-7H3. The molecule has 0 amide bonds. The molecule has 1 atom stereocenters. The third-order valence-electron chi connectivity index (χ3n) is 3.39. The molecule has 0 aromatic heterocycles. The van der Waals surface area contributed by atoms with Gasteiger partial charge in [-0.25, -0.2) is 0 Å². The van der Waals surface area contributed by atoms with Gasteiger partial charge >= 0.3 is 0 Å². The lowest BCUT2D eigenvalue weighted by Crippen LogP contribution is -2.26. The SMILES string of the molecule is C=CC1CC1(CO[SiH2]C(C)(C)C)CO[SiH2]C(C)(C)C. The van der Waals surface area contributed by atoms with Gasteiger partial charge in [0.25, 0.3) is 0 Å². The first-order valence-electron chi connectivity index (χ1n) is 7.36. The topological polar surface area (TPSA) is 18.5 Å². The summed E-state index contributed by atoms with van der Waals surface area (Å²) in [6, 6.07) is 0. The summed E-state index contributed by atoms with van der Waals surface area (Å²) in [5.74, 6) is 0.607. The number of hydrogen-bond donors (Lipinski definition) is 0. The Labute approximate surface area is 124 Å². The highest BCUT2D eigenvalue weighted by Crippen LogP contribution is 2.53. The van der Waals surface area contributed by atoms with Crippen LogP contribution in [0, 0.1) is 11.3 Å². The summed E-state index contributed by atoms with van der Waals surface area (Å²) in [4.78, 5) is 0. The largest absolute Gasteiger partial charge is 0.423 e. The van der Waals surface area contributed by atoms with Crippen molar-refractivity contribution >= 4 is 19.5 Å². The Morgan fingerprint density at radius 3 is 1.74 bits per heavy atom. The molecule has 1 aliphatic rings. The maximum Gasteiger partial charge on any atom is 0.166 e. The van der Waals surface area contributed by atoms with Gasteiger partial charge in [-0.15, -0.1) is 6.58 Å². The van der Waals surface area contributed by atoms with Gasteiger partial charge in [-0.3, -0.25) is 0 Å². The molecule has 19 heavy (non-hydrogen) atoms. The summed E-state index contributed by atoms with van der Waals surface area (Å²) in [6.45, 7) is 19.3. The van der Waals surface area contributed by atoms with Crippen molar-refractivity contribution in [1.82, 2.24) is 0 Å². The molecule has 0 N–H and O–H groups in total. The Balaban J connectivity index is 2.37. The van der Waals surface area contributed by atoms with E-state index in [4.69, 9.17) is 8.85 Å². The lowest BCUT2D eigenvalue weighted by Gasteiger charge is -2.24. The van der Waals surface area contributed by atoms with E-state index < -0.39 is 19.5 Å². The molecule has 112 valence electrons. The van der Waals surface area contributed by atoms with Crippen molar-refractivity contribution in [2.45, 2.75) is 58.0 Å². The van der Waals surface area contributed by atoms with E-state index >= 15 is 0 Å². The number of rotatable bonds is 7. The molecule has 0 aliphatic heterocycles. The molecule has 4 heteroatoms. The molecule has 0 saturated heterocycles. The molecule has 1 aliphatic carbocycles. The van der Waals surface area contributed by atoms with Crippen molar-refractivity contribution in [3.63, 3.8) is 0 Å². The van der Waals surface area contributed by atoms with Crippen molar-refractivity contribution in [2.75, 3.05) is 13.2 Å². The molecule has 1 unspecified atom stereocenters. The molecule has 1 rings (SSSR count). The van der Waals surface area contributed by atoms with Crippen molar-refractivity contribution < 1.29 is 8.85 Å². The van der Waals surface area contributed by atoms with Gasteiger partial charge in [-0.05, 0) is 22.4 Å². The summed E-state index contributed by atoms with van der Waals surface area (Å²) in [5.41, 5.74) is 0.262. The van der Waals surface area contributed by atoms with Gasteiger partial charge in [0.05, 0.1) is 0 Å². The van der Waals surface area contributed by atoms with E-state index in [2.05, 4.69) is 54.2 Å². The van der Waals surface area contributed by atoms with Gasteiger partial charge in [-0.1, -0.05) is 47.6 Å². The summed E-state index contributed by atoms with van der Waals surface area (Å²) in [7, 11) is -0.899. The Hall–Kier alpha value is 0.0938. The molecular formula is C15H32O2Si2. The average Bonchev–Trinajstić information content (AvgIpc) is 2.88. The first kappa shape index (κ1) is 17.1. The van der Waals surface area contributed by atoms with Crippen LogP contribution in [0.2, 0.25) is 10.1 Å². The van der Waals surface area contributed by atoms with Gasteiger partial charge < -0.3 is 8.85 Å². The Kier molecular flexibility index (Phi) is 5.64. The van der Waals surface area contributed by atoms with Crippen molar-refractivity contribution in [1.29, 1.82) is 0 Å². The fourth-order valence-corrected chi connectivity index (χ4v) is 4.45. The van der Waals surface area contributed by atoms with Crippen LogP contribution in [0.1, 0.15) is 48.0 Å². The van der Waals surface area contributed by atoms with Crippen LogP contribution < -0.4 is 0 Å². The van der Waals surface area contributed by atoms with Crippen LogP contribution in [0.15, 0.2) is 12.7 Å². The van der Waals surface area contributed by atoms with Gasteiger partial charge in [0.2, 0.25) is 0 Å². The zero-order valence-electron chi connectivity index (χ0n) is 13.7. The maximum absolute atomic E-state index is 6.07. The Morgan fingerprint density at radius 2 is 1.47 bits per heavy atom. The molecular weight excluding hydrogens is 268 g/mol. The van der Waals surface area contributed by atoms with Crippen LogP contribution in [-0.2, 0) is 8.85 Å². The summed E-state index contributed by atoms with van der Waals surface area (Å²) >= 11 is 0. The predicted molar refractivity (Wildman–Crippen MR) is 89.2 cm³/mol. The van der Waals surface area contributed by atoms with Crippen molar-refractivity contribution in [3.05, 3.63) is 12.7 Å². The van der Waals surface area contributed by atoms with Crippen molar-refractivity contribution in [3.8, 4) is 0 Å². The first-order chi connectivity index (χ1) is 8.58. The molecule has 1 saturated carbocycles. The summed E-state index contributed by atoms with van der Waals surface area (Å²) < 4.78 is 12.1. The lowest BCUT2D eigenvalue weighted by atomic mass is 10.1. The maximum atomic E-state index is 6.07. The third-order valence-corrected chi connectivity index (χ3v) is 5.94. The van der Waals surface area contributed by atoms with Crippen LogP contribution in [0.4, 0.5) is 0 Å². The van der Waals surface area contributed by atoms with Crippen LogP contribution in [0.3, 0.4) is 0 Å². The quantitative estimate of drug-likeness (QED) is 0.532. The second-order valence-electron chi connectivity index (χ2n) is 8.52. The first-order valence-corrected chi connectivity index (χ1v) is 9.93. The zero-order valence-corrected chi connectivity index (χ0v) is 16.5. The van der Waals surface area contributed by atoms with E-state index in [0.717, 1.165) is 13.2 Å². The Morgan fingerprint density at radius 1 is 1.05 bits per heavy atom. The van der Waals surface area contributed by atoms with Crippen LogP contribution >= 0.6 is 0 Å². The fraction of sp³-hybridized carbons (Fsp3) is 0.867. The smallest absolute Gasteiger partial charge is 0.166 e. The monoisotopic (exact) mass is 300 g/mol. The molecule has 0 aromatic carbocycles. The predicted octanol–water partition coefficient (Wildman–Crippen LogP) is 2.82. The normalized spacial score (nSPS) is 28.6. The minimum atomic E-state index is -0.450. The number of allylic oxidation sites excluding steroid dienone is 1. The highest BCUT2D eigenvalue weighted by Gasteiger charge is 2.52. The minimum Gasteiger partial charge on any atom is -0.423 e. The van der Waals surface area contributed by atoms with Gasteiger partial charge in [0, 0.05) is 18.6 Å². The minimum absolute atomic E-state index is 0.262. The molecule has 1 fully saturated rings. The van der Waals surface area contributed by atoms with Crippen LogP contribution in [0.25, 0.3) is 0 Å². The second-order valence-corrected chi connectivity index (χ2v) is 14.2. The Bertz CT molecular complexity index is 282. The second kappa shape index (κ2) is 6.25.